The van der Waals surface area contributed by atoms with Gasteiger partial charge in [-0.3, -0.25) is 0 Å². The molecule has 0 radical (unpaired) electrons. The molecule has 0 spiro atoms. The molecule has 8 heteroatoms. The Hall–Kier alpha value is -3.73. The highest BCUT2D eigenvalue weighted by Crippen LogP contribution is 2.28. The number of rotatable bonds is 7. The first kappa shape index (κ1) is 18.6. The van der Waals surface area contributed by atoms with E-state index in [2.05, 4.69) is 42.8 Å². The number of nitriles is 1. The van der Waals surface area contributed by atoms with E-state index in [1.807, 2.05) is 31.2 Å². The van der Waals surface area contributed by atoms with Crippen LogP contribution in [-0.2, 0) is 13.0 Å². The highest BCUT2D eigenvalue weighted by molar-refractivity contribution is 5.76. The molecule has 1 atom stereocenters. The molecule has 2 N–H and O–H groups in total. The molecule has 0 aliphatic rings. The summed E-state index contributed by atoms with van der Waals surface area (Å²) in [4.78, 5) is 20.9. The maximum Gasteiger partial charge on any atom is 0.222 e. The highest BCUT2D eigenvalue weighted by Gasteiger charge is 2.24. The Morgan fingerprint density at radius 1 is 1.24 bits per heavy atom. The van der Waals surface area contributed by atoms with E-state index in [1.54, 1.807) is 18.7 Å². The van der Waals surface area contributed by atoms with Crippen LogP contribution in [0.3, 0.4) is 0 Å². The first-order valence-corrected chi connectivity index (χ1v) is 9.60. The predicted molar refractivity (Wildman–Crippen MR) is 110 cm³/mol. The van der Waals surface area contributed by atoms with Crippen LogP contribution < -0.4 is 5.32 Å². The predicted octanol–water partition coefficient (Wildman–Crippen LogP) is 3.19. The number of anilines is 1. The number of aromatic amines is 1. The van der Waals surface area contributed by atoms with Gasteiger partial charge in [0.05, 0.1) is 29.1 Å². The number of aryl methyl sites for hydroxylation is 2. The quantitative estimate of drug-likeness (QED) is 0.505. The lowest BCUT2D eigenvalue weighted by Gasteiger charge is -2.14. The molecule has 0 fully saturated rings. The average Bonchev–Trinajstić information content (AvgIpc) is 3.38. The van der Waals surface area contributed by atoms with Gasteiger partial charge in [-0.2, -0.15) is 5.26 Å². The minimum Gasteiger partial charge on any atom is -0.354 e. The van der Waals surface area contributed by atoms with Crippen molar-refractivity contribution in [1.29, 1.82) is 5.26 Å². The molecule has 4 rings (SSSR count). The lowest BCUT2D eigenvalue weighted by Crippen LogP contribution is -2.14. The Kier molecular flexibility index (Phi) is 5.20. The summed E-state index contributed by atoms with van der Waals surface area (Å²) in [5, 5.41) is 13.2. The van der Waals surface area contributed by atoms with Gasteiger partial charge in [0.15, 0.2) is 0 Å². The summed E-state index contributed by atoms with van der Waals surface area (Å²) in [6.07, 6.45) is 5.99. The number of nitrogens with zero attached hydrogens (tertiary/aromatic N) is 6. The Bertz CT molecular complexity index is 1150. The molecule has 4 aromatic rings. The third kappa shape index (κ3) is 3.67. The van der Waals surface area contributed by atoms with E-state index in [1.165, 1.54) is 0 Å². The number of aromatic nitrogens is 6. The zero-order chi connectivity index (χ0) is 20.2. The number of H-pyrrole nitrogens is 1. The molecule has 0 aliphatic heterocycles. The van der Waals surface area contributed by atoms with Gasteiger partial charge >= 0.3 is 0 Å². The molecule has 1 aromatic carbocycles. The molecule has 146 valence electrons. The Labute approximate surface area is 168 Å². The van der Waals surface area contributed by atoms with Crippen LogP contribution in [-0.4, -0.2) is 36.0 Å². The SMILES string of the molecule is CCn1c(C(C#N)c2nc(NCCc3cnc[nH]3)ncc2C)nc2ccccc21. The molecular formula is C21H22N8. The van der Waals surface area contributed by atoms with E-state index in [4.69, 9.17) is 4.98 Å². The Morgan fingerprint density at radius 3 is 2.86 bits per heavy atom. The van der Waals surface area contributed by atoms with Crippen molar-refractivity contribution in [3.8, 4) is 6.07 Å². The molecule has 1 unspecified atom stereocenters. The highest BCUT2D eigenvalue weighted by atomic mass is 15.1. The van der Waals surface area contributed by atoms with Gasteiger partial charge in [0.1, 0.15) is 11.7 Å². The topological polar surface area (TPSA) is 108 Å². The summed E-state index contributed by atoms with van der Waals surface area (Å²) in [5.41, 5.74) is 4.49. The fourth-order valence-corrected chi connectivity index (χ4v) is 3.45. The minimum absolute atomic E-state index is 0.504. The van der Waals surface area contributed by atoms with Gasteiger partial charge in [0.2, 0.25) is 5.95 Å². The maximum absolute atomic E-state index is 10.00. The van der Waals surface area contributed by atoms with Gasteiger partial charge in [0.25, 0.3) is 0 Å². The molecule has 29 heavy (non-hydrogen) atoms. The lowest BCUT2D eigenvalue weighted by atomic mass is 10.0. The molecule has 3 heterocycles. The fraction of sp³-hybridized carbons (Fsp3) is 0.286. The molecule has 3 aromatic heterocycles. The number of nitrogens with one attached hydrogen (secondary N) is 2. The summed E-state index contributed by atoms with van der Waals surface area (Å²) in [7, 11) is 0. The average molecular weight is 386 g/mol. The Morgan fingerprint density at radius 2 is 2.10 bits per heavy atom. The number of hydrogen-bond acceptors (Lipinski definition) is 6. The van der Waals surface area contributed by atoms with Crippen molar-refractivity contribution in [1.82, 2.24) is 29.5 Å². The van der Waals surface area contributed by atoms with Crippen molar-refractivity contribution in [2.24, 2.45) is 0 Å². The molecule has 0 saturated heterocycles. The smallest absolute Gasteiger partial charge is 0.222 e. The van der Waals surface area contributed by atoms with Crippen molar-refractivity contribution >= 4 is 17.0 Å². The molecular weight excluding hydrogens is 364 g/mol. The lowest BCUT2D eigenvalue weighted by molar-refractivity contribution is 0.702. The van der Waals surface area contributed by atoms with Crippen LogP contribution in [0.5, 0.6) is 0 Å². The Balaban J connectivity index is 1.64. The maximum atomic E-state index is 10.00. The van der Waals surface area contributed by atoms with Crippen LogP contribution in [0, 0.1) is 18.3 Å². The number of imidazole rings is 2. The number of para-hydroxylation sites is 2. The number of fused-ring (bicyclic) bond motifs is 1. The van der Waals surface area contributed by atoms with Gasteiger partial charge < -0.3 is 14.9 Å². The first-order valence-electron chi connectivity index (χ1n) is 9.60. The van der Waals surface area contributed by atoms with E-state index in [-0.39, 0.29) is 0 Å². The molecule has 0 bridgehead atoms. The number of hydrogen-bond donors (Lipinski definition) is 2. The van der Waals surface area contributed by atoms with Crippen molar-refractivity contribution in [3.05, 3.63) is 65.8 Å². The van der Waals surface area contributed by atoms with E-state index in [0.29, 0.717) is 24.0 Å². The van der Waals surface area contributed by atoms with Crippen LogP contribution in [0.15, 0.2) is 43.0 Å². The van der Waals surface area contributed by atoms with E-state index >= 15 is 0 Å². The van der Waals surface area contributed by atoms with Gasteiger partial charge in [-0.15, -0.1) is 0 Å². The van der Waals surface area contributed by atoms with Crippen molar-refractivity contribution < 1.29 is 0 Å². The van der Waals surface area contributed by atoms with Crippen LogP contribution in [0.25, 0.3) is 11.0 Å². The summed E-state index contributed by atoms with van der Waals surface area (Å²) in [5.74, 6) is 0.643. The van der Waals surface area contributed by atoms with Gasteiger partial charge in [-0.25, -0.2) is 19.9 Å². The zero-order valence-electron chi connectivity index (χ0n) is 16.4. The van der Waals surface area contributed by atoms with Crippen LogP contribution in [0.4, 0.5) is 5.95 Å². The number of benzene rings is 1. The second-order valence-electron chi connectivity index (χ2n) is 6.78. The summed E-state index contributed by atoms with van der Waals surface area (Å²) < 4.78 is 2.08. The summed E-state index contributed by atoms with van der Waals surface area (Å²) in [6, 6.07) is 10.3. The molecule has 0 aliphatic carbocycles. The molecule has 0 saturated carbocycles. The normalized spacial score (nSPS) is 12.0. The molecule has 0 amide bonds. The summed E-state index contributed by atoms with van der Waals surface area (Å²) in [6.45, 7) is 5.37. The van der Waals surface area contributed by atoms with Crippen molar-refractivity contribution in [2.45, 2.75) is 32.7 Å². The largest absolute Gasteiger partial charge is 0.354 e. The van der Waals surface area contributed by atoms with E-state index in [0.717, 1.165) is 35.3 Å². The standard InChI is InChI=1S/C21H22N8/c1-3-29-18-7-5-4-6-17(18)27-20(29)16(10-22)19-14(2)11-25-21(28-19)24-9-8-15-12-23-13-26-15/h4-7,11-13,16H,3,8-9H2,1-2H3,(H,23,26)(H,24,25,28). The van der Waals surface area contributed by atoms with Crippen LogP contribution in [0.1, 0.15) is 35.6 Å². The minimum atomic E-state index is -0.571. The molecule has 8 nitrogen and oxygen atoms in total. The zero-order valence-corrected chi connectivity index (χ0v) is 16.4. The van der Waals surface area contributed by atoms with E-state index in [9.17, 15) is 5.26 Å². The monoisotopic (exact) mass is 386 g/mol. The van der Waals surface area contributed by atoms with Crippen LogP contribution >= 0.6 is 0 Å². The van der Waals surface area contributed by atoms with Crippen LogP contribution in [0.2, 0.25) is 0 Å². The third-order valence-electron chi connectivity index (χ3n) is 4.90. The van der Waals surface area contributed by atoms with Gasteiger partial charge in [-0.05, 0) is 31.5 Å². The van der Waals surface area contributed by atoms with E-state index < -0.39 is 5.92 Å². The van der Waals surface area contributed by atoms with Crippen molar-refractivity contribution in [3.63, 3.8) is 0 Å². The van der Waals surface area contributed by atoms with Gasteiger partial charge in [0, 0.05) is 37.6 Å². The second kappa shape index (κ2) is 8.10. The van der Waals surface area contributed by atoms with Crippen molar-refractivity contribution in [2.75, 3.05) is 11.9 Å². The third-order valence-corrected chi connectivity index (χ3v) is 4.90. The first-order chi connectivity index (χ1) is 14.2. The van der Waals surface area contributed by atoms with Gasteiger partial charge in [-0.1, -0.05) is 12.1 Å². The second-order valence-corrected chi connectivity index (χ2v) is 6.78. The fourth-order valence-electron chi connectivity index (χ4n) is 3.45. The summed E-state index contributed by atoms with van der Waals surface area (Å²) >= 11 is 0.